The van der Waals surface area contributed by atoms with E-state index in [1.165, 1.54) is 0 Å². The standard InChI is InChI=1S/C13H16N4O2/c1-14-13(18)9-19-12-4-2-3-10(7-12)15-8-11-5-6-16-17-11/h2-7,15H,8-9H2,1H3,(H,14,18)(H,16,17). The van der Waals surface area contributed by atoms with E-state index in [9.17, 15) is 4.79 Å². The average molecular weight is 260 g/mol. The third kappa shape index (κ3) is 4.02. The van der Waals surface area contributed by atoms with Crippen LogP contribution >= 0.6 is 0 Å². The second-order valence-electron chi connectivity index (χ2n) is 3.93. The molecule has 100 valence electrons. The number of hydrogen-bond donors (Lipinski definition) is 3. The summed E-state index contributed by atoms with van der Waals surface area (Å²) in [5, 5.41) is 12.5. The van der Waals surface area contributed by atoms with Gasteiger partial charge in [-0.3, -0.25) is 9.89 Å². The number of aromatic amines is 1. The van der Waals surface area contributed by atoms with Gasteiger partial charge in [-0.1, -0.05) is 6.07 Å². The van der Waals surface area contributed by atoms with Gasteiger partial charge in [0.05, 0.1) is 12.2 Å². The van der Waals surface area contributed by atoms with E-state index in [0.29, 0.717) is 12.3 Å². The Morgan fingerprint density at radius 2 is 2.32 bits per heavy atom. The van der Waals surface area contributed by atoms with E-state index in [4.69, 9.17) is 4.74 Å². The van der Waals surface area contributed by atoms with Crippen LogP contribution < -0.4 is 15.4 Å². The largest absolute Gasteiger partial charge is 0.484 e. The molecule has 2 rings (SSSR count). The number of likely N-dealkylation sites (N-methyl/N-ethyl adjacent to an activating group) is 1. The monoisotopic (exact) mass is 260 g/mol. The molecule has 6 heteroatoms. The molecule has 19 heavy (non-hydrogen) atoms. The molecule has 0 fully saturated rings. The summed E-state index contributed by atoms with van der Waals surface area (Å²) in [7, 11) is 1.58. The van der Waals surface area contributed by atoms with Crippen molar-refractivity contribution in [3.05, 3.63) is 42.2 Å². The quantitative estimate of drug-likeness (QED) is 0.728. The summed E-state index contributed by atoms with van der Waals surface area (Å²) >= 11 is 0. The highest BCUT2D eigenvalue weighted by molar-refractivity contribution is 5.77. The highest BCUT2D eigenvalue weighted by Gasteiger charge is 2.01. The van der Waals surface area contributed by atoms with Crippen LogP contribution in [-0.4, -0.2) is 29.8 Å². The molecule has 1 aromatic heterocycles. The minimum absolute atomic E-state index is 0.0144. The van der Waals surface area contributed by atoms with Crippen molar-refractivity contribution in [3.63, 3.8) is 0 Å². The minimum Gasteiger partial charge on any atom is -0.484 e. The highest BCUT2D eigenvalue weighted by atomic mass is 16.5. The Balaban J connectivity index is 1.89. The molecule has 6 nitrogen and oxygen atoms in total. The Labute approximate surface area is 111 Å². The lowest BCUT2D eigenvalue weighted by atomic mass is 10.3. The van der Waals surface area contributed by atoms with Crippen LogP contribution in [0.4, 0.5) is 5.69 Å². The Morgan fingerprint density at radius 1 is 1.42 bits per heavy atom. The molecule has 0 aliphatic carbocycles. The molecule has 0 bridgehead atoms. The lowest BCUT2D eigenvalue weighted by Crippen LogP contribution is -2.24. The Hall–Kier alpha value is -2.50. The molecular formula is C13H16N4O2. The zero-order valence-electron chi connectivity index (χ0n) is 10.6. The van der Waals surface area contributed by atoms with Crippen LogP contribution in [0.25, 0.3) is 0 Å². The molecule has 0 spiro atoms. The summed E-state index contributed by atoms with van der Waals surface area (Å²) in [4.78, 5) is 11.1. The number of carbonyl (C=O) groups excluding carboxylic acids is 1. The van der Waals surface area contributed by atoms with E-state index in [0.717, 1.165) is 11.4 Å². The van der Waals surface area contributed by atoms with E-state index in [1.807, 2.05) is 30.3 Å². The molecule has 0 saturated carbocycles. The summed E-state index contributed by atoms with van der Waals surface area (Å²) < 4.78 is 5.36. The van der Waals surface area contributed by atoms with Gasteiger partial charge in [-0.2, -0.15) is 5.10 Å². The number of H-pyrrole nitrogens is 1. The second kappa shape index (κ2) is 6.44. The summed E-state index contributed by atoms with van der Waals surface area (Å²) in [5.41, 5.74) is 1.92. The van der Waals surface area contributed by atoms with Crippen LogP contribution in [0.2, 0.25) is 0 Å². The van der Waals surface area contributed by atoms with Crippen LogP contribution in [-0.2, 0) is 11.3 Å². The number of nitrogens with zero attached hydrogens (tertiary/aromatic N) is 1. The SMILES string of the molecule is CNC(=O)COc1cccc(NCc2ccn[nH]2)c1. The Bertz CT molecular complexity index is 525. The molecule has 1 heterocycles. The van der Waals surface area contributed by atoms with E-state index in [1.54, 1.807) is 13.2 Å². The molecule has 0 radical (unpaired) electrons. The van der Waals surface area contributed by atoms with Crippen LogP contribution in [0.1, 0.15) is 5.69 Å². The second-order valence-corrected chi connectivity index (χ2v) is 3.93. The average Bonchev–Trinajstić information content (AvgIpc) is 2.96. The van der Waals surface area contributed by atoms with Gasteiger partial charge in [0.2, 0.25) is 0 Å². The molecular weight excluding hydrogens is 244 g/mol. The molecule has 2 aromatic rings. The topological polar surface area (TPSA) is 79.0 Å². The first-order chi connectivity index (χ1) is 9.28. The minimum atomic E-state index is -0.157. The third-order valence-electron chi connectivity index (χ3n) is 2.52. The van der Waals surface area contributed by atoms with Crippen LogP contribution in [0, 0.1) is 0 Å². The number of aromatic nitrogens is 2. The fraction of sp³-hybridized carbons (Fsp3) is 0.231. The first-order valence-electron chi connectivity index (χ1n) is 5.93. The van der Waals surface area contributed by atoms with Gasteiger partial charge in [0, 0.05) is 25.0 Å². The van der Waals surface area contributed by atoms with Gasteiger partial charge in [0.25, 0.3) is 5.91 Å². The van der Waals surface area contributed by atoms with Crippen molar-refractivity contribution in [2.24, 2.45) is 0 Å². The fourth-order valence-electron chi connectivity index (χ4n) is 1.50. The van der Waals surface area contributed by atoms with E-state index in [2.05, 4.69) is 20.8 Å². The summed E-state index contributed by atoms with van der Waals surface area (Å²) in [5.74, 6) is 0.494. The first-order valence-corrected chi connectivity index (χ1v) is 5.93. The Morgan fingerprint density at radius 3 is 3.05 bits per heavy atom. The number of nitrogens with one attached hydrogen (secondary N) is 3. The predicted octanol–water partition coefficient (Wildman–Crippen LogP) is 1.15. The summed E-state index contributed by atoms with van der Waals surface area (Å²) in [6.07, 6.45) is 1.71. The van der Waals surface area contributed by atoms with E-state index >= 15 is 0 Å². The lowest BCUT2D eigenvalue weighted by Gasteiger charge is -2.08. The zero-order valence-corrected chi connectivity index (χ0v) is 10.6. The molecule has 1 amide bonds. The number of carbonyl (C=O) groups is 1. The van der Waals surface area contributed by atoms with Crippen molar-refractivity contribution in [3.8, 4) is 5.75 Å². The Kier molecular flexibility index (Phi) is 4.39. The number of benzene rings is 1. The zero-order chi connectivity index (χ0) is 13.5. The summed E-state index contributed by atoms with van der Waals surface area (Å²) in [6.45, 7) is 0.666. The smallest absolute Gasteiger partial charge is 0.257 e. The molecule has 0 aliphatic rings. The van der Waals surface area contributed by atoms with Gasteiger partial charge in [-0.15, -0.1) is 0 Å². The van der Waals surface area contributed by atoms with Gasteiger partial charge in [0.1, 0.15) is 5.75 Å². The maximum atomic E-state index is 11.1. The van der Waals surface area contributed by atoms with Crippen molar-refractivity contribution in [1.29, 1.82) is 0 Å². The van der Waals surface area contributed by atoms with Gasteiger partial charge in [0.15, 0.2) is 6.61 Å². The predicted molar refractivity (Wildman–Crippen MR) is 71.9 cm³/mol. The third-order valence-corrected chi connectivity index (χ3v) is 2.52. The van der Waals surface area contributed by atoms with E-state index < -0.39 is 0 Å². The van der Waals surface area contributed by atoms with E-state index in [-0.39, 0.29) is 12.5 Å². The molecule has 3 N–H and O–H groups in total. The maximum Gasteiger partial charge on any atom is 0.257 e. The number of rotatable bonds is 6. The first kappa shape index (κ1) is 12.9. The van der Waals surface area contributed by atoms with Gasteiger partial charge in [-0.25, -0.2) is 0 Å². The van der Waals surface area contributed by atoms with Gasteiger partial charge in [-0.05, 0) is 18.2 Å². The van der Waals surface area contributed by atoms with Crippen LogP contribution in [0.3, 0.4) is 0 Å². The lowest BCUT2D eigenvalue weighted by molar-refractivity contribution is -0.122. The summed E-state index contributed by atoms with van der Waals surface area (Å²) in [6, 6.07) is 9.36. The van der Waals surface area contributed by atoms with Crippen LogP contribution in [0.5, 0.6) is 5.75 Å². The van der Waals surface area contributed by atoms with Crippen molar-refractivity contribution < 1.29 is 9.53 Å². The molecule has 0 atom stereocenters. The van der Waals surface area contributed by atoms with Crippen molar-refractivity contribution in [2.75, 3.05) is 19.0 Å². The van der Waals surface area contributed by atoms with Gasteiger partial charge >= 0.3 is 0 Å². The number of hydrogen-bond acceptors (Lipinski definition) is 4. The fourth-order valence-corrected chi connectivity index (χ4v) is 1.50. The van der Waals surface area contributed by atoms with Crippen molar-refractivity contribution >= 4 is 11.6 Å². The van der Waals surface area contributed by atoms with Crippen molar-refractivity contribution in [1.82, 2.24) is 15.5 Å². The molecule has 0 saturated heterocycles. The van der Waals surface area contributed by atoms with Crippen LogP contribution in [0.15, 0.2) is 36.5 Å². The number of anilines is 1. The molecule has 0 unspecified atom stereocenters. The number of amides is 1. The van der Waals surface area contributed by atoms with Gasteiger partial charge < -0.3 is 15.4 Å². The normalized spacial score (nSPS) is 9.95. The number of ether oxygens (including phenoxy) is 1. The maximum absolute atomic E-state index is 11.1. The van der Waals surface area contributed by atoms with Crippen molar-refractivity contribution in [2.45, 2.75) is 6.54 Å². The molecule has 0 aliphatic heterocycles. The molecule has 1 aromatic carbocycles. The highest BCUT2D eigenvalue weighted by Crippen LogP contribution is 2.17.